The van der Waals surface area contributed by atoms with Crippen LogP contribution in [-0.4, -0.2) is 27.2 Å². The molecular formula is C24H24N2O5S. The molecule has 0 saturated heterocycles. The summed E-state index contributed by atoms with van der Waals surface area (Å²) in [4.78, 5) is 14.6. The second-order valence-corrected chi connectivity index (χ2v) is 8.51. The van der Waals surface area contributed by atoms with E-state index in [2.05, 4.69) is 16.9 Å². The Hall–Kier alpha value is -3.65. The maximum absolute atomic E-state index is 12.3. The number of nitrogens with zero attached hydrogens (tertiary/aromatic N) is 1. The van der Waals surface area contributed by atoms with Gasteiger partial charge in [0.15, 0.2) is 0 Å². The average Bonchev–Trinajstić information content (AvgIpc) is 2.81. The molecule has 0 unspecified atom stereocenters. The van der Waals surface area contributed by atoms with E-state index in [9.17, 15) is 13.2 Å². The normalized spacial score (nSPS) is 11.3. The molecule has 0 aliphatic rings. The Morgan fingerprint density at radius 2 is 1.59 bits per heavy atom. The number of hydrogen-bond donors (Lipinski definition) is 1. The van der Waals surface area contributed by atoms with E-state index in [1.54, 1.807) is 66.7 Å². The lowest BCUT2D eigenvalue weighted by atomic mass is 10.2. The highest BCUT2D eigenvalue weighted by Gasteiger charge is 2.11. The van der Waals surface area contributed by atoms with Crippen LogP contribution in [0.2, 0.25) is 0 Å². The molecule has 0 amide bonds. The molecule has 0 bridgehead atoms. The van der Waals surface area contributed by atoms with Crippen LogP contribution in [0.1, 0.15) is 35.7 Å². The van der Waals surface area contributed by atoms with Gasteiger partial charge in [0, 0.05) is 0 Å². The number of carbonyl (C=O) groups excluding carboxylic acids is 1. The number of rotatable bonds is 10. The van der Waals surface area contributed by atoms with Gasteiger partial charge in [0.2, 0.25) is 0 Å². The molecule has 0 heterocycles. The van der Waals surface area contributed by atoms with Gasteiger partial charge in [-0.3, -0.25) is 0 Å². The van der Waals surface area contributed by atoms with Gasteiger partial charge < -0.3 is 9.47 Å². The molecule has 166 valence electrons. The first-order valence-corrected chi connectivity index (χ1v) is 11.6. The predicted molar refractivity (Wildman–Crippen MR) is 123 cm³/mol. The molecule has 0 aromatic heterocycles. The molecule has 3 aromatic carbocycles. The standard InChI is InChI=1S/C24H24N2O5S/c1-2-3-17-30-21-15-11-20(12-16-21)24(27)31-22-13-9-19(10-14-22)18-25-26-32(28,29)23-7-5-4-6-8-23/h4-16,18,26H,2-3,17H2,1H3/b25-18-. The Labute approximate surface area is 187 Å². The molecule has 0 spiro atoms. The van der Waals surface area contributed by atoms with Crippen molar-refractivity contribution in [1.82, 2.24) is 4.83 Å². The Bertz CT molecular complexity index is 1140. The van der Waals surface area contributed by atoms with Gasteiger partial charge in [-0.1, -0.05) is 31.5 Å². The van der Waals surface area contributed by atoms with Gasteiger partial charge in [0.25, 0.3) is 10.0 Å². The van der Waals surface area contributed by atoms with Crippen LogP contribution in [-0.2, 0) is 10.0 Å². The maximum Gasteiger partial charge on any atom is 0.343 e. The van der Waals surface area contributed by atoms with Crippen LogP contribution in [0.15, 0.2) is 88.9 Å². The van der Waals surface area contributed by atoms with Crippen LogP contribution in [0.25, 0.3) is 0 Å². The van der Waals surface area contributed by atoms with Gasteiger partial charge in [0.05, 0.1) is 23.3 Å². The molecule has 0 saturated carbocycles. The lowest BCUT2D eigenvalue weighted by molar-refractivity contribution is 0.0734. The molecular weight excluding hydrogens is 428 g/mol. The average molecular weight is 453 g/mol. The van der Waals surface area contributed by atoms with Crippen LogP contribution in [0.5, 0.6) is 11.5 Å². The predicted octanol–water partition coefficient (Wildman–Crippen LogP) is 4.40. The number of nitrogens with one attached hydrogen (secondary N) is 1. The fourth-order valence-corrected chi connectivity index (χ4v) is 3.44. The van der Waals surface area contributed by atoms with Crippen LogP contribution in [0.4, 0.5) is 0 Å². The molecule has 7 nitrogen and oxygen atoms in total. The molecule has 1 N–H and O–H groups in total. The van der Waals surface area contributed by atoms with Crippen molar-refractivity contribution in [3.8, 4) is 11.5 Å². The van der Waals surface area contributed by atoms with Crippen LogP contribution in [0, 0.1) is 0 Å². The first kappa shape index (κ1) is 23.0. The van der Waals surface area contributed by atoms with Crippen molar-refractivity contribution in [2.75, 3.05) is 6.61 Å². The quantitative estimate of drug-likeness (QED) is 0.162. The van der Waals surface area contributed by atoms with Crippen molar-refractivity contribution in [1.29, 1.82) is 0 Å². The summed E-state index contributed by atoms with van der Waals surface area (Å²) >= 11 is 0. The Balaban J connectivity index is 1.54. The number of hydrazone groups is 1. The summed E-state index contributed by atoms with van der Waals surface area (Å²) in [5.41, 5.74) is 1.04. The second kappa shape index (κ2) is 11.1. The van der Waals surface area contributed by atoms with Gasteiger partial charge >= 0.3 is 5.97 Å². The van der Waals surface area contributed by atoms with Crippen LogP contribution in [0.3, 0.4) is 0 Å². The number of ether oxygens (including phenoxy) is 2. The first-order valence-electron chi connectivity index (χ1n) is 10.1. The van der Waals surface area contributed by atoms with Crippen molar-refractivity contribution in [3.05, 3.63) is 90.0 Å². The largest absolute Gasteiger partial charge is 0.494 e. The minimum Gasteiger partial charge on any atom is -0.494 e. The van der Waals surface area contributed by atoms with Gasteiger partial charge in [-0.2, -0.15) is 13.5 Å². The zero-order chi connectivity index (χ0) is 22.8. The minimum atomic E-state index is -3.72. The van der Waals surface area contributed by atoms with Gasteiger partial charge in [-0.15, -0.1) is 0 Å². The summed E-state index contributed by atoms with van der Waals surface area (Å²) in [5, 5.41) is 3.78. The molecule has 0 aliphatic heterocycles. The lowest BCUT2D eigenvalue weighted by Gasteiger charge is -2.07. The third-order valence-corrected chi connectivity index (χ3v) is 5.63. The fraction of sp³-hybridized carbons (Fsp3) is 0.167. The van der Waals surface area contributed by atoms with Crippen molar-refractivity contribution >= 4 is 22.2 Å². The molecule has 0 atom stereocenters. The van der Waals surface area contributed by atoms with E-state index in [1.165, 1.54) is 18.3 Å². The van der Waals surface area contributed by atoms with Gasteiger partial charge in [0.1, 0.15) is 11.5 Å². The second-order valence-electron chi connectivity index (χ2n) is 6.85. The zero-order valence-corrected chi connectivity index (χ0v) is 18.4. The molecule has 0 aliphatic carbocycles. The Morgan fingerprint density at radius 1 is 0.938 bits per heavy atom. The third kappa shape index (κ3) is 6.68. The Kier molecular flexibility index (Phi) is 7.99. The van der Waals surface area contributed by atoms with E-state index in [0.717, 1.165) is 12.8 Å². The SMILES string of the molecule is CCCCOc1ccc(C(=O)Oc2ccc(/C=N\NS(=O)(=O)c3ccccc3)cc2)cc1. The number of sulfonamides is 1. The summed E-state index contributed by atoms with van der Waals surface area (Å²) in [5.74, 6) is 0.587. The van der Waals surface area contributed by atoms with E-state index < -0.39 is 16.0 Å². The van der Waals surface area contributed by atoms with Crippen molar-refractivity contribution in [2.45, 2.75) is 24.7 Å². The van der Waals surface area contributed by atoms with Crippen molar-refractivity contribution < 1.29 is 22.7 Å². The highest BCUT2D eigenvalue weighted by Crippen LogP contribution is 2.17. The summed E-state index contributed by atoms with van der Waals surface area (Å²) in [6.45, 7) is 2.73. The van der Waals surface area contributed by atoms with E-state index in [-0.39, 0.29) is 4.90 Å². The van der Waals surface area contributed by atoms with E-state index in [0.29, 0.717) is 29.2 Å². The number of hydrogen-bond acceptors (Lipinski definition) is 6. The van der Waals surface area contributed by atoms with Gasteiger partial charge in [-0.05, 0) is 72.6 Å². The number of benzene rings is 3. The van der Waals surface area contributed by atoms with Crippen molar-refractivity contribution in [3.63, 3.8) is 0 Å². The number of esters is 1. The highest BCUT2D eigenvalue weighted by molar-refractivity contribution is 7.89. The van der Waals surface area contributed by atoms with Gasteiger partial charge in [-0.25, -0.2) is 9.63 Å². The summed E-state index contributed by atoms with van der Waals surface area (Å²) in [6.07, 6.45) is 3.39. The highest BCUT2D eigenvalue weighted by atomic mass is 32.2. The zero-order valence-electron chi connectivity index (χ0n) is 17.6. The third-order valence-electron chi connectivity index (χ3n) is 4.39. The molecule has 32 heavy (non-hydrogen) atoms. The summed E-state index contributed by atoms with van der Waals surface area (Å²) < 4.78 is 35.2. The number of unbranched alkanes of at least 4 members (excludes halogenated alkanes) is 1. The molecule has 0 radical (unpaired) electrons. The molecule has 3 aromatic rings. The van der Waals surface area contributed by atoms with E-state index >= 15 is 0 Å². The molecule has 0 fully saturated rings. The fourth-order valence-electron chi connectivity index (χ4n) is 2.63. The van der Waals surface area contributed by atoms with E-state index in [4.69, 9.17) is 9.47 Å². The lowest BCUT2D eigenvalue weighted by Crippen LogP contribution is -2.18. The topological polar surface area (TPSA) is 94.1 Å². The summed E-state index contributed by atoms with van der Waals surface area (Å²) in [6, 6.07) is 21.3. The smallest absolute Gasteiger partial charge is 0.343 e. The van der Waals surface area contributed by atoms with Crippen molar-refractivity contribution in [2.24, 2.45) is 5.10 Å². The number of carbonyl (C=O) groups is 1. The monoisotopic (exact) mass is 452 g/mol. The molecule has 3 rings (SSSR count). The van der Waals surface area contributed by atoms with Crippen LogP contribution >= 0.6 is 0 Å². The van der Waals surface area contributed by atoms with Crippen LogP contribution < -0.4 is 14.3 Å². The summed E-state index contributed by atoms with van der Waals surface area (Å²) in [7, 11) is -3.72. The van der Waals surface area contributed by atoms with E-state index in [1.807, 2.05) is 0 Å². The maximum atomic E-state index is 12.3. The minimum absolute atomic E-state index is 0.125. The molecule has 8 heteroatoms. The Morgan fingerprint density at radius 3 is 2.25 bits per heavy atom. The first-order chi connectivity index (χ1) is 15.5.